The first-order valence-electron chi connectivity index (χ1n) is 9.93. The van der Waals surface area contributed by atoms with Crippen molar-refractivity contribution in [1.82, 2.24) is 0 Å². The van der Waals surface area contributed by atoms with E-state index in [2.05, 4.69) is 6.92 Å². The van der Waals surface area contributed by atoms with Crippen LogP contribution in [0.5, 0.6) is 0 Å². The van der Waals surface area contributed by atoms with Crippen LogP contribution in [0.4, 0.5) is 0 Å². The lowest BCUT2D eigenvalue weighted by Crippen LogP contribution is -2.19. The largest absolute Gasteiger partial charge is 0.481 e. The van der Waals surface area contributed by atoms with Gasteiger partial charge >= 0.3 is 5.97 Å². The molecule has 25 heavy (non-hydrogen) atoms. The highest BCUT2D eigenvalue weighted by atomic mass is 16.5. The minimum absolute atomic E-state index is 0.0647. The van der Waals surface area contributed by atoms with Crippen LogP contribution >= 0.6 is 0 Å². The maximum absolute atomic E-state index is 10.6. The number of hydrogen-bond donors (Lipinski definition) is 3. The summed E-state index contributed by atoms with van der Waals surface area (Å²) in [4.78, 5) is 10.6. The Balaban J connectivity index is 1.76. The van der Waals surface area contributed by atoms with E-state index in [1.807, 2.05) is 12.2 Å². The second kappa shape index (κ2) is 10.3. The van der Waals surface area contributed by atoms with Crippen LogP contribution in [0.25, 0.3) is 0 Å². The molecule has 2 fully saturated rings. The number of fused-ring (bicyclic) bond motifs is 1. The number of ether oxygens (including phenoxy) is 1. The number of hydrogen-bond acceptors (Lipinski definition) is 4. The highest BCUT2D eigenvalue weighted by Gasteiger charge is 2.47. The van der Waals surface area contributed by atoms with Gasteiger partial charge < -0.3 is 20.1 Å². The molecule has 0 unspecified atom stereocenters. The van der Waals surface area contributed by atoms with Crippen molar-refractivity contribution in [2.45, 2.75) is 95.5 Å². The number of carbonyl (C=O) groups is 1. The van der Waals surface area contributed by atoms with Crippen LogP contribution in [0.2, 0.25) is 0 Å². The molecule has 0 bridgehead atoms. The van der Waals surface area contributed by atoms with Gasteiger partial charge in [-0.15, -0.1) is 0 Å². The molecule has 2 rings (SSSR count). The monoisotopic (exact) mass is 354 g/mol. The van der Waals surface area contributed by atoms with Crippen molar-refractivity contribution in [3.8, 4) is 0 Å². The third-order valence-electron chi connectivity index (χ3n) is 5.62. The number of carboxylic acid groups (broad SMARTS) is 1. The smallest absolute Gasteiger partial charge is 0.303 e. The molecule has 0 radical (unpaired) electrons. The van der Waals surface area contributed by atoms with Gasteiger partial charge in [0, 0.05) is 18.8 Å². The van der Waals surface area contributed by atoms with Gasteiger partial charge in [0.2, 0.25) is 0 Å². The summed E-state index contributed by atoms with van der Waals surface area (Å²) < 4.78 is 6.08. The zero-order valence-corrected chi connectivity index (χ0v) is 15.3. The van der Waals surface area contributed by atoms with Gasteiger partial charge in [0.25, 0.3) is 0 Å². The van der Waals surface area contributed by atoms with Crippen LogP contribution in [0.3, 0.4) is 0 Å². The number of carboxylic acids is 1. The summed E-state index contributed by atoms with van der Waals surface area (Å²) in [5, 5.41) is 29.0. The molecule has 0 aromatic heterocycles. The lowest BCUT2D eigenvalue weighted by atomic mass is 9.89. The van der Waals surface area contributed by atoms with Crippen molar-refractivity contribution in [3.05, 3.63) is 12.2 Å². The van der Waals surface area contributed by atoms with Crippen molar-refractivity contribution in [1.29, 1.82) is 0 Å². The van der Waals surface area contributed by atoms with E-state index in [0.29, 0.717) is 18.8 Å². The Morgan fingerprint density at radius 3 is 2.76 bits per heavy atom. The molecule has 5 heteroatoms. The summed E-state index contributed by atoms with van der Waals surface area (Å²) in [5.41, 5.74) is 0. The minimum Gasteiger partial charge on any atom is -0.481 e. The molecule has 0 aromatic rings. The maximum Gasteiger partial charge on any atom is 0.303 e. The van der Waals surface area contributed by atoms with E-state index >= 15 is 0 Å². The third-order valence-corrected chi connectivity index (χ3v) is 5.62. The van der Waals surface area contributed by atoms with E-state index in [9.17, 15) is 15.0 Å². The Morgan fingerprint density at radius 2 is 2.04 bits per heavy atom. The normalized spacial score (nSPS) is 33.0. The van der Waals surface area contributed by atoms with Crippen molar-refractivity contribution < 1.29 is 24.9 Å². The number of aliphatic carboxylic acids is 1. The van der Waals surface area contributed by atoms with Crippen LogP contribution in [0, 0.1) is 11.8 Å². The zero-order chi connectivity index (χ0) is 18.2. The summed E-state index contributed by atoms with van der Waals surface area (Å²) in [7, 11) is 0. The fraction of sp³-hybridized carbons (Fsp3) is 0.850. The summed E-state index contributed by atoms with van der Waals surface area (Å²) >= 11 is 0. The summed E-state index contributed by atoms with van der Waals surface area (Å²) in [6.45, 7) is 2.15. The third kappa shape index (κ3) is 6.39. The van der Waals surface area contributed by atoms with Crippen LogP contribution in [-0.2, 0) is 9.53 Å². The number of unbranched alkanes of at least 4 members (excludes halogenated alkanes) is 3. The van der Waals surface area contributed by atoms with Crippen molar-refractivity contribution >= 4 is 5.97 Å². The van der Waals surface area contributed by atoms with Gasteiger partial charge in [-0.1, -0.05) is 44.8 Å². The highest BCUT2D eigenvalue weighted by Crippen LogP contribution is 2.45. The molecule has 1 aliphatic heterocycles. The Morgan fingerprint density at radius 1 is 1.24 bits per heavy atom. The van der Waals surface area contributed by atoms with Gasteiger partial charge in [-0.05, 0) is 31.6 Å². The fourth-order valence-electron chi connectivity index (χ4n) is 4.24. The number of aliphatic hydroxyl groups is 2. The summed E-state index contributed by atoms with van der Waals surface area (Å²) in [6, 6.07) is 0. The Labute approximate surface area is 151 Å². The van der Waals surface area contributed by atoms with Crippen LogP contribution in [0.15, 0.2) is 12.2 Å². The molecule has 3 N–H and O–H groups in total. The first-order chi connectivity index (χ1) is 12.0. The molecule has 5 nitrogen and oxygen atoms in total. The molecule has 144 valence electrons. The van der Waals surface area contributed by atoms with Gasteiger partial charge in [-0.3, -0.25) is 4.79 Å². The molecule has 0 aromatic carbocycles. The van der Waals surface area contributed by atoms with Crippen molar-refractivity contribution in [3.63, 3.8) is 0 Å². The quantitative estimate of drug-likeness (QED) is 0.391. The molecule has 6 atom stereocenters. The molecule has 2 aliphatic rings. The predicted molar refractivity (Wildman–Crippen MR) is 96.3 cm³/mol. The number of aliphatic hydroxyl groups excluding tert-OH is 2. The predicted octanol–water partition coefficient (Wildman–Crippen LogP) is 3.28. The standard InChI is InChI=1S/C20H34O5/c1-2-3-4-7-14(21)10-11-16-17-12-15(8-5-6-9-20(23)24)25-19(17)13-18(16)22/h10-11,14-19,21-22H,2-9,12-13H2,1H3,(H,23,24)/t14-,15+,16+,17+,18+,19-/m0/s1. The molecule has 1 heterocycles. The Kier molecular flexibility index (Phi) is 8.40. The van der Waals surface area contributed by atoms with E-state index in [1.54, 1.807) is 0 Å². The van der Waals surface area contributed by atoms with E-state index in [1.165, 1.54) is 0 Å². The maximum atomic E-state index is 10.6. The molecular formula is C20H34O5. The fourth-order valence-corrected chi connectivity index (χ4v) is 4.24. The molecule has 0 spiro atoms. The van der Waals surface area contributed by atoms with Gasteiger partial charge in [0.15, 0.2) is 0 Å². The molecule has 1 aliphatic carbocycles. The topological polar surface area (TPSA) is 87.0 Å². The first kappa shape index (κ1) is 20.4. The molecule has 1 saturated carbocycles. The highest BCUT2D eigenvalue weighted by molar-refractivity contribution is 5.66. The van der Waals surface area contributed by atoms with E-state index in [0.717, 1.165) is 44.9 Å². The summed E-state index contributed by atoms with van der Waals surface area (Å²) in [6.07, 6.45) is 11.7. The van der Waals surface area contributed by atoms with Crippen LogP contribution in [0.1, 0.15) is 71.1 Å². The lowest BCUT2D eigenvalue weighted by Gasteiger charge is -2.18. The first-order valence-corrected chi connectivity index (χ1v) is 9.93. The average Bonchev–Trinajstić information content (AvgIpc) is 3.06. The zero-order valence-electron chi connectivity index (χ0n) is 15.3. The molecular weight excluding hydrogens is 320 g/mol. The van der Waals surface area contributed by atoms with E-state index < -0.39 is 12.1 Å². The van der Waals surface area contributed by atoms with Crippen molar-refractivity contribution in [2.24, 2.45) is 11.8 Å². The molecule has 0 amide bonds. The Hall–Kier alpha value is -0.910. The number of rotatable bonds is 11. The van der Waals surface area contributed by atoms with Crippen LogP contribution < -0.4 is 0 Å². The van der Waals surface area contributed by atoms with Crippen molar-refractivity contribution in [2.75, 3.05) is 0 Å². The SMILES string of the molecule is CCCCC[C@H](O)C=C[C@@H]1[C@H]2C[C@@H](CCCCC(=O)O)O[C@H]2C[C@H]1O. The van der Waals surface area contributed by atoms with Gasteiger partial charge in [0.05, 0.1) is 24.4 Å². The van der Waals surface area contributed by atoms with Crippen LogP contribution in [-0.4, -0.2) is 45.7 Å². The molecule has 1 saturated heterocycles. The Bertz CT molecular complexity index is 436. The van der Waals surface area contributed by atoms with Gasteiger partial charge in [0.1, 0.15) is 0 Å². The van der Waals surface area contributed by atoms with Gasteiger partial charge in [-0.2, -0.15) is 0 Å². The van der Waals surface area contributed by atoms with E-state index in [4.69, 9.17) is 9.84 Å². The minimum atomic E-state index is -0.741. The van der Waals surface area contributed by atoms with E-state index in [-0.39, 0.29) is 30.7 Å². The second-order valence-electron chi connectivity index (χ2n) is 7.66. The second-order valence-corrected chi connectivity index (χ2v) is 7.66. The van der Waals surface area contributed by atoms with Gasteiger partial charge in [-0.25, -0.2) is 0 Å². The lowest BCUT2D eigenvalue weighted by molar-refractivity contribution is -0.137. The average molecular weight is 354 g/mol. The summed E-state index contributed by atoms with van der Waals surface area (Å²) in [5.74, 6) is -0.358.